The number of hydrogen-bond donors (Lipinski definition) is 0. The minimum Gasteiger partial charge on any atom is -0.455 e. The average molecular weight is 613 g/mol. The van der Waals surface area contributed by atoms with Gasteiger partial charge in [-0.25, -0.2) is 0 Å². The zero-order valence-corrected chi connectivity index (χ0v) is 26.7. The Balaban J connectivity index is 1.36. The van der Waals surface area contributed by atoms with Gasteiger partial charge in [0.2, 0.25) is 0 Å². The van der Waals surface area contributed by atoms with Gasteiger partial charge in [-0.1, -0.05) is 152 Å². The molecule has 0 fully saturated rings. The van der Waals surface area contributed by atoms with Crippen LogP contribution in [0.2, 0.25) is 0 Å². The molecule has 0 saturated heterocycles. The van der Waals surface area contributed by atoms with Gasteiger partial charge < -0.3 is 4.42 Å². The molecule has 0 aliphatic carbocycles. The van der Waals surface area contributed by atoms with E-state index >= 15 is 0 Å². The van der Waals surface area contributed by atoms with Crippen LogP contribution in [0.25, 0.3) is 99.8 Å². The number of furan rings is 1. The summed E-state index contributed by atoms with van der Waals surface area (Å²) in [7, 11) is 0. The first kappa shape index (κ1) is 28.1. The lowest BCUT2D eigenvalue weighted by Gasteiger charge is -2.18. The molecule has 0 radical (unpaired) electrons. The molecular formula is C47H32O. The quantitative estimate of drug-likeness (QED) is 0.176. The summed E-state index contributed by atoms with van der Waals surface area (Å²) in [6.45, 7) is 6.28. The highest BCUT2D eigenvalue weighted by Gasteiger charge is 2.21. The minimum atomic E-state index is 0.867. The van der Waals surface area contributed by atoms with Crippen molar-refractivity contribution in [3.8, 4) is 33.4 Å². The van der Waals surface area contributed by atoms with Gasteiger partial charge in [-0.15, -0.1) is 0 Å². The monoisotopic (exact) mass is 612 g/mol. The Bertz CT molecular complexity index is 2680. The highest BCUT2D eigenvalue weighted by atomic mass is 16.3. The standard InChI is InChI=1S/C47H32O/c1-3-15-32-28-42(31-16-6-5-7-17-31)47-46(34(32)4-2)41-27-26-33(29-43(41)48-47)44-37-21-10-12-23-39(37)45(40-24-13-11-22-38(40)44)36-25-14-19-30-18-8-9-20-35(30)36/h3-29H,2H2,1H3/b15-3-. The lowest BCUT2D eigenvalue weighted by Crippen LogP contribution is -1.91. The molecule has 9 aromatic rings. The summed E-state index contributed by atoms with van der Waals surface area (Å²) in [6.07, 6.45) is 6.20. The molecule has 1 heteroatoms. The van der Waals surface area contributed by atoms with E-state index in [0.29, 0.717) is 0 Å². The van der Waals surface area contributed by atoms with Crippen molar-refractivity contribution in [2.75, 3.05) is 0 Å². The third-order valence-corrected chi connectivity index (χ3v) is 9.73. The van der Waals surface area contributed by atoms with Crippen LogP contribution in [0.1, 0.15) is 18.1 Å². The highest BCUT2D eigenvalue weighted by molar-refractivity contribution is 6.24. The van der Waals surface area contributed by atoms with Crippen LogP contribution in [0.4, 0.5) is 0 Å². The summed E-state index contributed by atoms with van der Waals surface area (Å²) in [4.78, 5) is 0. The van der Waals surface area contributed by atoms with Gasteiger partial charge in [0.05, 0.1) is 0 Å². The van der Waals surface area contributed by atoms with E-state index in [4.69, 9.17) is 4.42 Å². The molecule has 226 valence electrons. The molecular weight excluding hydrogens is 581 g/mol. The lowest BCUT2D eigenvalue weighted by atomic mass is 9.84. The number of hydrogen-bond acceptors (Lipinski definition) is 1. The molecule has 48 heavy (non-hydrogen) atoms. The summed E-state index contributed by atoms with van der Waals surface area (Å²) < 4.78 is 6.87. The Kier molecular flexibility index (Phi) is 6.59. The second-order valence-corrected chi connectivity index (χ2v) is 12.4. The SMILES string of the molecule is C=Cc1c(/C=C\C)cc(-c2ccccc2)c2oc3cc(-c4c5ccccc5c(-c5cccc6ccccc56)c5ccccc45)ccc3c12. The second kappa shape index (κ2) is 11.3. The van der Waals surface area contributed by atoms with Gasteiger partial charge in [-0.3, -0.25) is 0 Å². The zero-order valence-electron chi connectivity index (χ0n) is 26.7. The Labute approximate surface area is 279 Å². The van der Waals surface area contributed by atoms with Crippen LogP contribution in [0.5, 0.6) is 0 Å². The molecule has 1 aromatic heterocycles. The molecule has 0 amide bonds. The number of rotatable bonds is 5. The van der Waals surface area contributed by atoms with Gasteiger partial charge in [0, 0.05) is 16.3 Å². The lowest BCUT2D eigenvalue weighted by molar-refractivity contribution is 0.670. The topological polar surface area (TPSA) is 13.1 Å². The smallest absolute Gasteiger partial charge is 0.143 e. The van der Waals surface area contributed by atoms with Gasteiger partial charge in [-0.2, -0.15) is 0 Å². The fourth-order valence-electron chi connectivity index (χ4n) is 7.69. The Hall–Kier alpha value is -6.18. The van der Waals surface area contributed by atoms with Crippen LogP contribution in [0.3, 0.4) is 0 Å². The van der Waals surface area contributed by atoms with Crippen LogP contribution >= 0.6 is 0 Å². The van der Waals surface area contributed by atoms with Gasteiger partial charge >= 0.3 is 0 Å². The maximum atomic E-state index is 6.87. The number of fused-ring (bicyclic) bond motifs is 6. The molecule has 0 aliphatic rings. The zero-order chi connectivity index (χ0) is 32.2. The molecule has 8 aromatic carbocycles. The first-order valence-electron chi connectivity index (χ1n) is 16.5. The van der Waals surface area contributed by atoms with E-state index < -0.39 is 0 Å². The molecule has 0 saturated carbocycles. The van der Waals surface area contributed by atoms with Crippen LogP contribution in [0, 0.1) is 0 Å². The molecule has 0 unspecified atom stereocenters. The van der Waals surface area contributed by atoms with Crippen molar-refractivity contribution in [3.63, 3.8) is 0 Å². The van der Waals surface area contributed by atoms with Crippen LogP contribution < -0.4 is 0 Å². The van der Waals surface area contributed by atoms with Crippen LogP contribution in [-0.2, 0) is 0 Å². The van der Waals surface area contributed by atoms with E-state index in [9.17, 15) is 0 Å². The fraction of sp³-hybridized carbons (Fsp3) is 0.0213. The Morgan fingerprint density at radius 1 is 0.521 bits per heavy atom. The largest absolute Gasteiger partial charge is 0.455 e. The van der Waals surface area contributed by atoms with Crippen molar-refractivity contribution >= 4 is 66.4 Å². The van der Waals surface area contributed by atoms with Crippen molar-refractivity contribution in [1.82, 2.24) is 0 Å². The molecule has 1 heterocycles. The molecule has 0 atom stereocenters. The summed E-state index contributed by atoms with van der Waals surface area (Å²) in [5.41, 5.74) is 11.1. The van der Waals surface area contributed by atoms with Crippen LogP contribution in [0.15, 0.2) is 163 Å². The van der Waals surface area contributed by atoms with E-state index in [-0.39, 0.29) is 0 Å². The fourth-order valence-corrected chi connectivity index (χ4v) is 7.69. The summed E-state index contributed by atoms with van der Waals surface area (Å²) in [6, 6.07) is 52.5. The van der Waals surface area contributed by atoms with Crippen LogP contribution in [-0.4, -0.2) is 0 Å². The Morgan fingerprint density at radius 2 is 1.15 bits per heavy atom. The minimum absolute atomic E-state index is 0.867. The van der Waals surface area contributed by atoms with Crippen molar-refractivity contribution in [3.05, 3.63) is 169 Å². The summed E-state index contributed by atoms with van der Waals surface area (Å²) >= 11 is 0. The third-order valence-electron chi connectivity index (χ3n) is 9.73. The van der Waals surface area contributed by atoms with Gasteiger partial charge in [0.15, 0.2) is 0 Å². The van der Waals surface area contributed by atoms with Gasteiger partial charge in [0.1, 0.15) is 11.2 Å². The van der Waals surface area contributed by atoms with Crippen molar-refractivity contribution in [2.24, 2.45) is 0 Å². The predicted molar refractivity (Wildman–Crippen MR) is 207 cm³/mol. The maximum absolute atomic E-state index is 6.87. The van der Waals surface area contributed by atoms with Crippen molar-refractivity contribution in [2.45, 2.75) is 6.92 Å². The molecule has 0 aliphatic heterocycles. The second-order valence-electron chi connectivity index (χ2n) is 12.4. The van der Waals surface area contributed by atoms with Crippen molar-refractivity contribution < 1.29 is 4.42 Å². The maximum Gasteiger partial charge on any atom is 0.143 e. The normalized spacial score (nSPS) is 11.9. The van der Waals surface area contributed by atoms with E-state index in [1.807, 2.05) is 6.08 Å². The average Bonchev–Trinajstić information content (AvgIpc) is 3.52. The number of allylic oxidation sites excluding steroid dienone is 1. The molecule has 9 rings (SSSR count). The molecule has 0 N–H and O–H groups in total. The summed E-state index contributed by atoms with van der Waals surface area (Å²) in [5, 5.41) is 9.62. The molecule has 0 spiro atoms. The predicted octanol–water partition coefficient (Wildman–Crippen LogP) is 13.7. The molecule has 0 bridgehead atoms. The number of benzene rings is 8. The third kappa shape index (κ3) is 4.25. The van der Waals surface area contributed by atoms with E-state index in [2.05, 4.69) is 171 Å². The van der Waals surface area contributed by atoms with E-state index in [0.717, 1.165) is 49.8 Å². The van der Waals surface area contributed by atoms with Crippen molar-refractivity contribution in [1.29, 1.82) is 0 Å². The molecule has 1 nitrogen and oxygen atoms in total. The summed E-state index contributed by atoms with van der Waals surface area (Å²) in [5.74, 6) is 0. The van der Waals surface area contributed by atoms with E-state index in [1.165, 1.54) is 49.0 Å². The first-order valence-corrected chi connectivity index (χ1v) is 16.5. The van der Waals surface area contributed by atoms with E-state index in [1.54, 1.807) is 0 Å². The van der Waals surface area contributed by atoms with Gasteiger partial charge in [0.25, 0.3) is 0 Å². The highest BCUT2D eigenvalue weighted by Crippen LogP contribution is 2.47. The Morgan fingerprint density at radius 3 is 1.83 bits per heavy atom. The first-order chi connectivity index (χ1) is 23.7. The van der Waals surface area contributed by atoms with Gasteiger partial charge in [-0.05, 0) is 96.4 Å².